The Balaban J connectivity index is 1.64. The van der Waals surface area contributed by atoms with E-state index in [4.69, 9.17) is 21.1 Å². The van der Waals surface area contributed by atoms with Crippen molar-refractivity contribution in [3.8, 4) is 17.0 Å². The van der Waals surface area contributed by atoms with E-state index in [1.807, 2.05) is 17.0 Å². The molecule has 0 bridgehead atoms. The second kappa shape index (κ2) is 9.24. The van der Waals surface area contributed by atoms with E-state index < -0.39 is 5.82 Å². The number of pyridine rings is 1. The van der Waals surface area contributed by atoms with Crippen LogP contribution in [0.4, 0.5) is 10.2 Å². The van der Waals surface area contributed by atoms with Gasteiger partial charge in [-0.1, -0.05) is 11.6 Å². The molecule has 0 amide bonds. The minimum atomic E-state index is -0.507. The number of morpholine rings is 1. The summed E-state index contributed by atoms with van der Waals surface area (Å²) in [6.07, 6.45) is 1.41. The summed E-state index contributed by atoms with van der Waals surface area (Å²) in [5, 5.41) is 4.91. The lowest BCUT2D eigenvalue weighted by Gasteiger charge is -2.34. The highest BCUT2D eigenvalue weighted by Crippen LogP contribution is 2.32. The first kappa shape index (κ1) is 23.2. The Morgan fingerprint density at radius 1 is 1.17 bits per heavy atom. The molecule has 0 radical (unpaired) electrons. The molecule has 3 aromatic heterocycles. The van der Waals surface area contributed by atoms with Crippen molar-refractivity contribution in [2.75, 3.05) is 31.7 Å². The third-order valence-corrected chi connectivity index (χ3v) is 6.43. The normalized spacial score (nSPS) is 16.0. The highest BCUT2D eigenvalue weighted by Gasteiger charge is 2.26. The second-order valence-electron chi connectivity index (χ2n) is 8.34. The average Bonchev–Trinajstić information content (AvgIpc) is 2.87. The van der Waals surface area contributed by atoms with Crippen LogP contribution >= 0.6 is 11.6 Å². The molecule has 0 saturated carbocycles. The number of hydrogen-bond acceptors (Lipinski definition) is 7. The van der Waals surface area contributed by atoms with Crippen LogP contribution in [-0.2, 0) is 4.74 Å². The van der Waals surface area contributed by atoms with Gasteiger partial charge in [0.1, 0.15) is 11.9 Å². The summed E-state index contributed by atoms with van der Waals surface area (Å²) in [4.78, 5) is 23.9. The number of aryl methyl sites for hydroxylation is 1. The largest absolute Gasteiger partial charge is 0.481 e. The van der Waals surface area contributed by atoms with Gasteiger partial charge < -0.3 is 14.4 Å². The molecule has 35 heavy (non-hydrogen) atoms. The number of methoxy groups -OCH3 is 1. The predicted molar refractivity (Wildman–Crippen MR) is 131 cm³/mol. The maximum atomic E-state index is 15.0. The number of halogens is 2. The van der Waals surface area contributed by atoms with Crippen LogP contribution in [0.15, 0.2) is 47.4 Å². The number of hydrogen-bond donors (Lipinski definition) is 0. The van der Waals surface area contributed by atoms with Crippen molar-refractivity contribution in [2.45, 2.75) is 20.0 Å². The van der Waals surface area contributed by atoms with E-state index in [0.29, 0.717) is 48.2 Å². The van der Waals surface area contributed by atoms with Gasteiger partial charge in [0.2, 0.25) is 5.88 Å². The monoisotopic (exact) mass is 495 g/mol. The lowest BCUT2D eigenvalue weighted by molar-refractivity contribution is 0.0392. The summed E-state index contributed by atoms with van der Waals surface area (Å²) in [5.41, 5.74) is 2.70. The topological polar surface area (TPSA) is 81.9 Å². The number of rotatable bonds is 4. The summed E-state index contributed by atoms with van der Waals surface area (Å²) in [6.45, 7) is 4.92. The molecule has 1 aliphatic heterocycles. The van der Waals surface area contributed by atoms with Crippen LogP contribution in [0.2, 0.25) is 5.02 Å². The van der Waals surface area contributed by atoms with Gasteiger partial charge in [-0.3, -0.25) is 4.79 Å². The van der Waals surface area contributed by atoms with E-state index in [1.165, 1.54) is 10.6 Å². The maximum Gasteiger partial charge on any atom is 0.277 e. The zero-order valence-electron chi connectivity index (χ0n) is 19.5. The first-order valence-corrected chi connectivity index (χ1v) is 11.5. The molecule has 1 atom stereocenters. The lowest BCUT2D eigenvalue weighted by atomic mass is 10.1. The quantitative estimate of drug-likeness (QED) is 0.420. The van der Waals surface area contributed by atoms with Crippen molar-refractivity contribution in [3.63, 3.8) is 0 Å². The Kier molecular flexibility index (Phi) is 6.12. The summed E-state index contributed by atoms with van der Waals surface area (Å²) in [6, 6.07) is 9.91. The van der Waals surface area contributed by atoms with Crippen LogP contribution in [0, 0.1) is 19.7 Å². The van der Waals surface area contributed by atoms with Gasteiger partial charge in [0.05, 0.1) is 13.7 Å². The Bertz CT molecular complexity index is 1490. The third-order valence-electron chi connectivity index (χ3n) is 6.20. The Morgan fingerprint density at radius 2 is 2.00 bits per heavy atom. The van der Waals surface area contributed by atoms with E-state index in [1.54, 1.807) is 45.4 Å². The molecule has 1 aliphatic rings. The Morgan fingerprint density at radius 3 is 2.77 bits per heavy atom. The van der Waals surface area contributed by atoms with Gasteiger partial charge >= 0.3 is 0 Å². The summed E-state index contributed by atoms with van der Waals surface area (Å²) >= 11 is 5.98. The molecule has 0 aliphatic carbocycles. The number of benzene rings is 1. The number of fused-ring (bicyclic) bond motifs is 1. The lowest BCUT2D eigenvalue weighted by Crippen LogP contribution is -2.39. The molecule has 0 spiro atoms. The van der Waals surface area contributed by atoms with E-state index in [2.05, 4.69) is 15.1 Å². The number of anilines is 1. The fraction of sp³-hybridized carbons (Fsp3) is 0.280. The molecule has 180 valence electrons. The second-order valence-corrected chi connectivity index (χ2v) is 8.78. The number of ether oxygens (including phenoxy) is 2. The summed E-state index contributed by atoms with van der Waals surface area (Å²) in [5.74, 6) is 0.507. The van der Waals surface area contributed by atoms with Crippen molar-refractivity contribution in [3.05, 3.63) is 80.6 Å². The first-order valence-electron chi connectivity index (χ1n) is 11.1. The predicted octanol–water partition coefficient (Wildman–Crippen LogP) is 4.15. The van der Waals surface area contributed by atoms with E-state index in [0.717, 1.165) is 5.56 Å². The number of nitrogens with zero attached hydrogens (tertiary/aromatic N) is 5. The third kappa shape index (κ3) is 4.33. The summed E-state index contributed by atoms with van der Waals surface area (Å²) < 4.78 is 27.5. The molecule has 0 unspecified atom stereocenters. The van der Waals surface area contributed by atoms with Gasteiger partial charge in [0.25, 0.3) is 5.56 Å². The minimum Gasteiger partial charge on any atom is -0.481 e. The maximum absolute atomic E-state index is 15.0. The smallest absolute Gasteiger partial charge is 0.277 e. The average molecular weight is 496 g/mol. The molecule has 1 aromatic carbocycles. The minimum absolute atomic E-state index is 0.261. The standard InChI is InChI=1S/C25H23ClFN5O3/c1-14-15(2)29-24-19(18-5-4-17(26)11-20(18)27)12-22(30-32(24)25(14)33)31-8-9-35-21(13-31)16-6-7-28-23(10-16)34-3/h4-7,10-12,21H,8-9,13H2,1-3H3/t21-/m1/s1. The van der Waals surface area contributed by atoms with Crippen molar-refractivity contribution < 1.29 is 13.9 Å². The van der Waals surface area contributed by atoms with Crippen LogP contribution in [0.1, 0.15) is 22.9 Å². The Labute approximate surface area is 205 Å². The van der Waals surface area contributed by atoms with Gasteiger partial charge in [0, 0.05) is 52.8 Å². The van der Waals surface area contributed by atoms with Crippen LogP contribution in [0.3, 0.4) is 0 Å². The van der Waals surface area contributed by atoms with Crippen molar-refractivity contribution >= 4 is 23.1 Å². The highest BCUT2D eigenvalue weighted by atomic mass is 35.5. The molecule has 10 heteroatoms. The van der Waals surface area contributed by atoms with Crippen LogP contribution in [0.25, 0.3) is 16.8 Å². The molecule has 8 nitrogen and oxygen atoms in total. The SMILES string of the molecule is COc1cc([C@H]2CN(c3cc(-c4ccc(Cl)cc4F)c4nc(C)c(C)c(=O)n4n3)CCO2)ccn1. The molecule has 4 heterocycles. The summed E-state index contributed by atoms with van der Waals surface area (Å²) in [7, 11) is 1.56. The molecule has 4 aromatic rings. The van der Waals surface area contributed by atoms with Gasteiger partial charge in [-0.25, -0.2) is 14.4 Å². The molecular weight excluding hydrogens is 473 g/mol. The highest BCUT2D eigenvalue weighted by molar-refractivity contribution is 6.30. The Hall–Kier alpha value is -3.56. The van der Waals surface area contributed by atoms with Crippen LogP contribution in [0.5, 0.6) is 5.88 Å². The molecule has 1 saturated heterocycles. The van der Waals surface area contributed by atoms with Gasteiger partial charge in [-0.05, 0) is 49.7 Å². The zero-order chi connectivity index (χ0) is 24.7. The van der Waals surface area contributed by atoms with E-state index in [-0.39, 0.29) is 27.9 Å². The van der Waals surface area contributed by atoms with Gasteiger partial charge in [0.15, 0.2) is 11.5 Å². The fourth-order valence-corrected chi connectivity index (χ4v) is 4.31. The van der Waals surface area contributed by atoms with E-state index in [9.17, 15) is 4.79 Å². The van der Waals surface area contributed by atoms with Crippen molar-refractivity contribution in [1.82, 2.24) is 19.6 Å². The zero-order valence-corrected chi connectivity index (χ0v) is 20.2. The van der Waals surface area contributed by atoms with Crippen LogP contribution in [-0.4, -0.2) is 46.4 Å². The molecule has 5 rings (SSSR count). The van der Waals surface area contributed by atoms with Crippen LogP contribution < -0.4 is 15.2 Å². The fourth-order valence-electron chi connectivity index (χ4n) is 4.15. The molecular formula is C25H23ClFN5O3. The number of aromatic nitrogens is 4. The first-order chi connectivity index (χ1) is 16.9. The van der Waals surface area contributed by atoms with E-state index >= 15 is 4.39 Å². The van der Waals surface area contributed by atoms with Crippen molar-refractivity contribution in [1.29, 1.82) is 0 Å². The molecule has 0 N–H and O–H groups in total. The van der Waals surface area contributed by atoms with Gasteiger partial charge in [-0.2, -0.15) is 4.52 Å². The molecule has 1 fully saturated rings. The van der Waals surface area contributed by atoms with Crippen molar-refractivity contribution in [2.24, 2.45) is 0 Å². The van der Waals surface area contributed by atoms with Gasteiger partial charge in [-0.15, -0.1) is 5.10 Å².